The molecule has 2 fully saturated rings. The SMILES string of the molecule is CN=C(NC1CCCC(C(F)(F)F)C1)NC1CC1c1ccccc1F.I. The second-order valence-corrected chi connectivity index (χ2v) is 6.93. The van der Waals surface area contributed by atoms with Crippen LogP contribution in [0.3, 0.4) is 0 Å². The number of hydrogen-bond donors (Lipinski definition) is 2. The molecule has 2 aliphatic carbocycles. The predicted molar refractivity (Wildman–Crippen MR) is 104 cm³/mol. The molecule has 0 bridgehead atoms. The lowest BCUT2D eigenvalue weighted by molar-refractivity contribution is -0.183. The van der Waals surface area contributed by atoms with Crippen LogP contribution in [-0.4, -0.2) is 31.3 Å². The lowest BCUT2D eigenvalue weighted by atomic mass is 9.85. The van der Waals surface area contributed by atoms with Gasteiger partial charge in [-0.15, -0.1) is 24.0 Å². The summed E-state index contributed by atoms with van der Waals surface area (Å²) in [5.41, 5.74) is 0.672. The Bertz CT molecular complexity index is 635. The zero-order valence-corrected chi connectivity index (χ0v) is 16.9. The number of aliphatic imine (C=N–C) groups is 1. The molecule has 2 N–H and O–H groups in total. The number of guanidine groups is 1. The van der Waals surface area contributed by atoms with Gasteiger partial charge in [-0.1, -0.05) is 24.6 Å². The Hall–Kier alpha value is -1.06. The maximum absolute atomic E-state index is 13.8. The van der Waals surface area contributed by atoms with Crippen molar-refractivity contribution in [2.75, 3.05) is 7.05 Å². The highest BCUT2D eigenvalue weighted by Gasteiger charge is 2.43. The number of nitrogens with zero attached hydrogens (tertiary/aromatic N) is 1. The number of nitrogens with one attached hydrogen (secondary N) is 2. The van der Waals surface area contributed by atoms with Crippen molar-refractivity contribution < 1.29 is 17.6 Å². The van der Waals surface area contributed by atoms with E-state index in [9.17, 15) is 17.6 Å². The molecule has 0 spiro atoms. The molecule has 0 amide bonds. The van der Waals surface area contributed by atoms with Gasteiger partial charge in [0.05, 0.1) is 5.92 Å². The van der Waals surface area contributed by atoms with Gasteiger partial charge < -0.3 is 10.6 Å². The largest absolute Gasteiger partial charge is 0.391 e. The fourth-order valence-corrected chi connectivity index (χ4v) is 3.63. The first-order valence-corrected chi connectivity index (χ1v) is 8.69. The van der Waals surface area contributed by atoms with E-state index in [2.05, 4.69) is 15.6 Å². The molecule has 4 unspecified atom stereocenters. The van der Waals surface area contributed by atoms with E-state index in [1.165, 1.54) is 6.07 Å². The first-order chi connectivity index (χ1) is 11.9. The molecule has 1 aromatic rings. The molecule has 0 aromatic heterocycles. The highest BCUT2D eigenvalue weighted by atomic mass is 127. The molecule has 0 aliphatic heterocycles. The van der Waals surface area contributed by atoms with Gasteiger partial charge in [0.25, 0.3) is 0 Å². The van der Waals surface area contributed by atoms with Crippen LogP contribution >= 0.6 is 24.0 Å². The molecule has 2 saturated carbocycles. The van der Waals surface area contributed by atoms with E-state index in [0.29, 0.717) is 24.4 Å². The normalized spacial score (nSPS) is 28.9. The monoisotopic (exact) mass is 485 g/mol. The van der Waals surface area contributed by atoms with Crippen LogP contribution < -0.4 is 10.6 Å². The number of benzene rings is 1. The Kier molecular flexibility index (Phi) is 7.15. The van der Waals surface area contributed by atoms with Gasteiger partial charge in [0.15, 0.2) is 5.96 Å². The smallest absolute Gasteiger partial charge is 0.354 e. The highest BCUT2D eigenvalue weighted by molar-refractivity contribution is 14.0. The first-order valence-electron chi connectivity index (χ1n) is 8.69. The Balaban J connectivity index is 0.00000243. The average Bonchev–Trinajstić information content (AvgIpc) is 3.33. The van der Waals surface area contributed by atoms with Crippen LogP contribution in [0.5, 0.6) is 0 Å². The summed E-state index contributed by atoms with van der Waals surface area (Å²) in [6, 6.07) is 6.50. The predicted octanol–water partition coefficient (Wildman–Crippen LogP) is 4.59. The second kappa shape index (κ2) is 8.75. The van der Waals surface area contributed by atoms with Crippen LogP contribution in [-0.2, 0) is 0 Å². The van der Waals surface area contributed by atoms with Crippen LogP contribution in [0.2, 0.25) is 0 Å². The Morgan fingerprint density at radius 1 is 1.12 bits per heavy atom. The molecule has 3 nitrogen and oxygen atoms in total. The topological polar surface area (TPSA) is 36.4 Å². The Labute approximate surface area is 168 Å². The maximum atomic E-state index is 13.8. The van der Waals surface area contributed by atoms with Crippen molar-refractivity contribution >= 4 is 29.9 Å². The number of alkyl halides is 3. The lowest BCUT2D eigenvalue weighted by Gasteiger charge is -2.32. The maximum Gasteiger partial charge on any atom is 0.391 e. The molecule has 3 rings (SSSR count). The number of rotatable bonds is 3. The molecule has 4 atom stereocenters. The van der Waals surface area contributed by atoms with Gasteiger partial charge in [-0.05, 0) is 37.3 Å². The third-order valence-corrected chi connectivity index (χ3v) is 5.12. The van der Waals surface area contributed by atoms with E-state index >= 15 is 0 Å². The third-order valence-electron chi connectivity index (χ3n) is 5.12. The summed E-state index contributed by atoms with van der Waals surface area (Å²) in [4.78, 5) is 4.12. The van der Waals surface area contributed by atoms with Crippen molar-refractivity contribution in [3.63, 3.8) is 0 Å². The minimum Gasteiger partial charge on any atom is -0.354 e. The molecule has 146 valence electrons. The van der Waals surface area contributed by atoms with Gasteiger partial charge in [-0.3, -0.25) is 4.99 Å². The molecule has 2 aliphatic rings. The Morgan fingerprint density at radius 2 is 1.85 bits per heavy atom. The van der Waals surface area contributed by atoms with Crippen molar-refractivity contribution in [2.45, 2.75) is 56.3 Å². The summed E-state index contributed by atoms with van der Waals surface area (Å²) >= 11 is 0. The number of hydrogen-bond acceptors (Lipinski definition) is 1. The zero-order chi connectivity index (χ0) is 18.0. The van der Waals surface area contributed by atoms with Crippen molar-refractivity contribution in [1.29, 1.82) is 0 Å². The van der Waals surface area contributed by atoms with E-state index in [-0.39, 0.29) is 60.6 Å². The summed E-state index contributed by atoms with van der Waals surface area (Å²) < 4.78 is 52.6. The van der Waals surface area contributed by atoms with E-state index in [0.717, 1.165) is 6.42 Å². The van der Waals surface area contributed by atoms with Crippen molar-refractivity contribution in [2.24, 2.45) is 10.9 Å². The zero-order valence-electron chi connectivity index (χ0n) is 14.5. The molecular formula is C18H24F4IN3. The summed E-state index contributed by atoms with van der Waals surface area (Å²) in [6.07, 6.45) is -1.81. The van der Waals surface area contributed by atoms with Crippen molar-refractivity contribution in [3.05, 3.63) is 35.6 Å². The van der Waals surface area contributed by atoms with Gasteiger partial charge >= 0.3 is 6.18 Å². The second-order valence-electron chi connectivity index (χ2n) is 6.93. The van der Waals surface area contributed by atoms with E-state index in [4.69, 9.17) is 0 Å². The van der Waals surface area contributed by atoms with E-state index in [1.807, 2.05) is 0 Å². The fraction of sp³-hybridized carbons (Fsp3) is 0.611. The molecule has 0 saturated heterocycles. The van der Waals surface area contributed by atoms with Gasteiger partial charge in [-0.25, -0.2) is 4.39 Å². The summed E-state index contributed by atoms with van der Waals surface area (Å²) in [6.45, 7) is 0. The molecule has 8 heteroatoms. The van der Waals surface area contributed by atoms with Gasteiger partial charge in [-0.2, -0.15) is 13.2 Å². The van der Waals surface area contributed by atoms with Crippen LogP contribution in [0, 0.1) is 11.7 Å². The van der Waals surface area contributed by atoms with Crippen LogP contribution in [0.25, 0.3) is 0 Å². The lowest BCUT2D eigenvalue weighted by Crippen LogP contribution is -2.47. The van der Waals surface area contributed by atoms with Crippen LogP contribution in [0.4, 0.5) is 17.6 Å². The van der Waals surface area contributed by atoms with Crippen molar-refractivity contribution in [3.8, 4) is 0 Å². The molecule has 1 aromatic carbocycles. The van der Waals surface area contributed by atoms with Gasteiger partial charge in [0.1, 0.15) is 5.82 Å². The third kappa shape index (κ3) is 5.23. The minimum atomic E-state index is -4.14. The molecular weight excluding hydrogens is 461 g/mol. The minimum absolute atomic E-state index is 0. The van der Waals surface area contributed by atoms with Crippen LogP contribution in [0.1, 0.15) is 43.6 Å². The quantitative estimate of drug-likeness (QED) is 0.285. The van der Waals surface area contributed by atoms with E-state index < -0.39 is 12.1 Å². The first kappa shape index (κ1) is 21.2. The van der Waals surface area contributed by atoms with Gasteiger partial charge in [0.2, 0.25) is 0 Å². The van der Waals surface area contributed by atoms with Gasteiger partial charge in [0, 0.05) is 25.0 Å². The summed E-state index contributed by atoms with van der Waals surface area (Å²) in [5.74, 6) is -0.894. The Morgan fingerprint density at radius 3 is 2.50 bits per heavy atom. The molecule has 0 radical (unpaired) electrons. The highest BCUT2D eigenvalue weighted by Crippen LogP contribution is 2.42. The average molecular weight is 485 g/mol. The standard InChI is InChI=1S/C18H23F4N3.HI/c1-23-17(24-12-6-4-5-11(9-12)18(20,21)22)25-16-10-14(16)13-7-2-3-8-15(13)19;/h2-3,7-8,11-12,14,16H,4-6,9-10H2,1H3,(H2,23,24,25);1H. The fourth-order valence-electron chi connectivity index (χ4n) is 3.63. The van der Waals surface area contributed by atoms with Crippen molar-refractivity contribution in [1.82, 2.24) is 10.6 Å². The molecule has 0 heterocycles. The summed E-state index contributed by atoms with van der Waals surface area (Å²) in [5, 5.41) is 6.32. The van der Waals surface area contributed by atoms with Crippen LogP contribution in [0.15, 0.2) is 29.3 Å². The summed E-state index contributed by atoms with van der Waals surface area (Å²) in [7, 11) is 1.60. The number of halogens is 5. The molecule has 26 heavy (non-hydrogen) atoms. The van der Waals surface area contributed by atoms with E-state index in [1.54, 1.807) is 25.2 Å².